The minimum absolute atomic E-state index is 0.174. The highest BCUT2D eigenvalue weighted by atomic mass is 16.5. The molecule has 4 rings (SSSR count). The molecule has 0 spiro atoms. The summed E-state index contributed by atoms with van der Waals surface area (Å²) in [5, 5.41) is 0. The van der Waals surface area contributed by atoms with Gasteiger partial charge in [0.25, 0.3) is 5.91 Å². The summed E-state index contributed by atoms with van der Waals surface area (Å²) in [6.45, 7) is 3.34. The zero-order valence-corrected chi connectivity index (χ0v) is 15.2. The molecule has 0 aliphatic carbocycles. The molecule has 6 nitrogen and oxygen atoms in total. The van der Waals surface area contributed by atoms with Gasteiger partial charge in [-0.3, -0.25) is 4.79 Å². The third kappa shape index (κ3) is 3.43. The molecule has 3 heterocycles. The summed E-state index contributed by atoms with van der Waals surface area (Å²) in [5.41, 5.74) is 2.50. The van der Waals surface area contributed by atoms with E-state index in [2.05, 4.69) is 4.98 Å². The third-order valence-electron chi connectivity index (χ3n) is 4.87. The first-order valence-electron chi connectivity index (χ1n) is 9.13. The van der Waals surface area contributed by atoms with Crippen molar-refractivity contribution in [1.29, 1.82) is 0 Å². The van der Waals surface area contributed by atoms with Crippen LogP contribution in [-0.2, 0) is 9.53 Å². The van der Waals surface area contributed by atoms with E-state index in [0.717, 1.165) is 18.5 Å². The first kappa shape index (κ1) is 17.3. The second-order valence-corrected chi connectivity index (χ2v) is 6.75. The Bertz CT molecular complexity index is 975. The number of likely N-dealkylation sites (tertiary alicyclic amines) is 1. The van der Waals surface area contributed by atoms with Crippen LogP contribution in [0.1, 0.15) is 40.7 Å². The molecule has 1 fully saturated rings. The number of imidazole rings is 1. The molecule has 0 N–H and O–H groups in total. The molecule has 27 heavy (non-hydrogen) atoms. The molecule has 0 unspecified atom stereocenters. The number of pyridine rings is 1. The minimum atomic E-state index is -0.956. The van der Waals surface area contributed by atoms with Crippen molar-refractivity contribution >= 4 is 17.5 Å². The number of carbonyl (C=O) groups excluding carboxylic acids is 2. The van der Waals surface area contributed by atoms with Crippen molar-refractivity contribution in [2.24, 2.45) is 0 Å². The summed E-state index contributed by atoms with van der Waals surface area (Å²) < 4.78 is 7.49. The second kappa shape index (κ2) is 7.23. The molecule has 0 saturated carbocycles. The van der Waals surface area contributed by atoms with Gasteiger partial charge in [-0.15, -0.1) is 0 Å². The summed E-state index contributed by atoms with van der Waals surface area (Å²) >= 11 is 0. The maximum absolute atomic E-state index is 13.0. The van der Waals surface area contributed by atoms with Crippen LogP contribution < -0.4 is 0 Å². The quantitative estimate of drug-likeness (QED) is 0.668. The highest BCUT2D eigenvalue weighted by Gasteiger charge is 2.31. The van der Waals surface area contributed by atoms with Crippen molar-refractivity contribution in [3.05, 3.63) is 71.7 Å². The molecule has 1 aliphatic heterocycles. The van der Waals surface area contributed by atoms with Crippen LogP contribution >= 0.6 is 0 Å². The van der Waals surface area contributed by atoms with Crippen LogP contribution in [0.25, 0.3) is 5.65 Å². The number of carbonyl (C=O) groups is 2. The Morgan fingerprint density at radius 1 is 1.04 bits per heavy atom. The Hall–Kier alpha value is -3.15. The monoisotopic (exact) mass is 363 g/mol. The average Bonchev–Trinajstić information content (AvgIpc) is 3.36. The largest absolute Gasteiger partial charge is 0.443 e. The minimum Gasteiger partial charge on any atom is -0.443 e. The maximum Gasteiger partial charge on any atom is 0.359 e. The van der Waals surface area contributed by atoms with E-state index in [9.17, 15) is 9.59 Å². The van der Waals surface area contributed by atoms with Crippen LogP contribution in [0.2, 0.25) is 0 Å². The molecular weight excluding hydrogens is 342 g/mol. The van der Waals surface area contributed by atoms with Crippen molar-refractivity contribution in [3.63, 3.8) is 0 Å². The van der Waals surface area contributed by atoms with Gasteiger partial charge in [0.2, 0.25) is 6.10 Å². The molecular formula is C21H21N3O3. The highest BCUT2D eigenvalue weighted by Crippen LogP contribution is 2.24. The van der Waals surface area contributed by atoms with Gasteiger partial charge in [0.1, 0.15) is 5.65 Å². The van der Waals surface area contributed by atoms with Gasteiger partial charge in [0.15, 0.2) is 5.69 Å². The van der Waals surface area contributed by atoms with E-state index >= 15 is 0 Å². The molecule has 0 radical (unpaired) electrons. The molecule has 1 amide bonds. The first-order valence-corrected chi connectivity index (χ1v) is 9.13. The third-order valence-corrected chi connectivity index (χ3v) is 4.87. The Labute approximate surface area is 157 Å². The fourth-order valence-electron chi connectivity index (χ4n) is 3.41. The molecule has 1 aliphatic rings. The van der Waals surface area contributed by atoms with E-state index < -0.39 is 12.1 Å². The van der Waals surface area contributed by atoms with Crippen LogP contribution in [0.5, 0.6) is 0 Å². The SMILES string of the molecule is Cc1cccc2nc(C(=O)O[C@H](C(=O)N3CCCC3)c3ccccc3)cn12. The number of benzene rings is 1. The molecule has 6 heteroatoms. The fraction of sp³-hybridized carbons (Fsp3) is 0.286. The molecule has 1 aromatic carbocycles. The van der Waals surface area contributed by atoms with Gasteiger partial charge in [-0.2, -0.15) is 0 Å². The molecule has 2 aromatic heterocycles. The van der Waals surface area contributed by atoms with E-state index in [1.807, 2.05) is 47.7 Å². The van der Waals surface area contributed by atoms with Gasteiger partial charge < -0.3 is 14.0 Å². The van der Waals surface area contributed by atoms with Crippen LogP contribution in [0.3, 0.4) is 0 Å². The predicted molar refractivity (Wildman–Crippen MR) is 100 cm³/mol. The number of aryl methyl sites for hydroxylation is 1. The van der Waals surface area contributed by atoms with Gasteiger partial charge in [-0.05, 0) is 31.9 Å². The zero-order valence-electron chi connectivity index (χ0n) is 15.2. The van der Waals surface area contributed by atoms with E-state index in [0.29, 0.717) is 24.3 Å². The summed E-state index contributed by atoms with van der Waals surface area (Å²) in [7, 11) is 0. The number of hydrogen-bond donors (Lipinski definition) is 0. The summed E-state index contributed by atoms with van der Waals surface area (Å²) in [4.78, 5) is 31.8. The van der Waals surface area contributed by atoms with Crippen LogP contribution in [0.4, 0.5) is 0 Å². The molecule has 1 saturated heterocycles. The standard InChI is InChI=1S/C21H21N3O3/c1-15-8-7-11-18-22-17(14-24(15)18)21(26)27-19(16-9-3-2-4-10-16)20(25)23-12-5-6-13-23/h2-4,7-11,14,19H,5-6,12-13H2,1H3/t19-/m0/s1. The highest BCUT2D eigenvalue weighted by molar-refractivity contribution is 5.91. The lowest BCUT2D eigenvalue weighted by Crippen LogP contribution is -2.34. The number of esters is 1. The lowest BCUT2D eigenvalue weighted by Gasteiger charge is -2.23. The molecule has 0 bridgehead atoms. The van der Waals surface area contributed by atoms with Gasteiger partial charge in [0.05, 0.1) is 0 Å². The summed E-state index contributed by atoms with van der Waals surface area (Å²) in [6.07, 6.45) is 2.65. The van der Waals surface area contributed by atoms with Crippen LogP contribution in [0.15, 0.2) is 54.7 Å². The number of fused-ring (bicyclic) bond motifs is 1. The first-order chi connectivity index (χ1) is 13.1. The van der Waals surface area contributed by atoms with E-state index in [-0.39, 0.29) is 11.6 Å². The van der Waals surface area contributed by atoms with E-state index in [1.54, 1.807) is 23.2 Å². The molecule has 138 valence electrons. The number of aromatic nitrogens is 2. The fourth-order valence-corrected chi connectivity index (χ4v) is 3.41. The number of hydrogen-bond acceptors (Lipinski definition) is 4. The van der Waals surface area contributed by atoms with Gasteiger partial charge in [-0.1, -0.05) is 36.4 Å². The van der Waals surface area contributed by atoms with Crippen LogP contribution in [0, 0.1) is 6.92 Å². The lowest BCUT2D eigenvalue weighted by atomic mass is 10.1. The normalized spacial score (nSPS) is 15.1. The van der Waals surface area contributed by atoms with Gasteiger partial charge in [-0.25, -0.2) is 9.78 Å². The van der Waals surface area contributed by atoms with Crippen molar-refractivity contribution in [1.82, 2.24) is 14.3 Å². The summed E-state index contributed by atoms with van der Waals surface area (Å²) in [6, 6.07) is 14.8. The van der Waals surface area contributed by atoms with Crippen molar-refractivity contribution < 1.29 is 14.3 Å². The number of ether oxygens (including phenoxy) is 1. The van der Waals surface area contributed by atoms with Crippen LogP contribution in [-0.4, -0.2) is 39.3 Å². The van der Waals surface area contributed by atoms with Crippen molar-refractivity contribution in [2.75, 3.05) is 13.1 Å². The van der Waals surface area contributed by atoms with E-state index in [4.69, 9.17) is 4.74 Å². The lowest BCUT2D eigenvalue weighted by molar-refractivity contribution is -0.140. The number of amides is 1. The van der Waals surface area contributed by atoms with E-state index in [1.165, 1.54) is 0 Å². The molecule has 3 aromatic rings. The predicted octanol–water partition coefficient (Wildman–Crippen LogP) is 3.16. The zero-order chi connectivity index (χ0) is 18.8. The second-order valence-electron chi connectivity index (χ2n) is 6.75. The van der Waals surface area contributed by atoms with Gasteiger partial charge in [0, 0.05) is 30.5 Å². The average molecular weight is 363 g/mol. The Balaban J connectivity index is 1.62. The molecule has 1 atom stereocenters. The Morgan fingerprint density at radius 3 is 2.48 bits per heavy atom. The van der Waals surface area contributed by atoms with Crippen molar-refractivity contribution in [3.8, 4) is 0 Å². The number of rotatable bonds is 4. The topological polar surface area (TPSA) is 63.9 Å². The Kier molecular flexibility index (Phi) is 4.62. The Morgan fingerprint density at radius 2 is 1.78 bits per heavy atom. The van der Waals surface area contributed by atoms with Crippen molar-refractivity contribution in [2.45, 2.75) is 25.9 Å². The maximum atomic E-state index is 13.0. The summed E-state index contributed by atoms with van der Waals surface area (Å²) in [5.74, 6) is -0.772. The smallest absolute Gasteiger partial charge is 0.359 e. The number of nitrogens with zero attached hydrogens (tertiary/aromatic N) is 3. The van der Waals surface area contributed by atoms with Gasteiger partial charge >= 0.3 is 5.97 Å².